The fraction of sp³-hybridized carbons (Fsp3) is 0.273. The van der Waals surface area contributed by atoms with Crippen molar-refractivity contribution in [3.05, 3.63) is 65.2 Å². The van der Waals surface area contributed by atoms with Crippen LogP contribution in [0.15, 0.2) is 54.6 Å². The number of alkyl halides is 3. The second-order valence-electron chi connectivity index (χ2n) is 7.27. The summed E-state index contributed by atoms with van der Waals surface area (Å²) in [6, 6.07) is 15.3. The number of halogens is 4. The molecule has 0 bridgehead atoms. The van der Waals surface area contributed by atoms with Crippen molar-refractivity contribution < 1.29 is 13.2 Å². The summed E-state index contributed by atoms with van der Waals surface area (Å²) in [5.41, 5.74) is 0.926. The molecule has 8 heteroatoms. The zero-order valence-corrected chi connectivity index (χ0v) is 16.8. The fourth-order valence-electron chi connectivity index (χ4n) is 3.55. The van der Waals surface area contributed by atoms with Gasteiger partial charge in [0.1, 0.15) is 5.82 Å². The van der Waals surface area contributed by atoms with Gasteiger partial charge in [-0.05, 0) is 31.0 Å². The summed E-state index contributed by atoms with van der Waals surface area (Å²) in [5, 5.41) is 5.98. The third-order valence-electron chi connectivity index (χ3n) is 5.03. The minimum Gasteiger partial charge on any atom is -0.351 e. The van der Waals surface area contributed by atoms with Crippen molar-refractivity contribution in [3.63, 3.8) is 0 Å². The van der Waals surface area contributed by atoms with Crippen LogP contribution in [0.1, 0.15) is 31.2 Å². The van der Waals surface area contributed by atoms with Crippen molar-refractivity contribution >= 4 is 29.1 Å². The van der Waals surface area contributed by atoms with Gasteiger partial charge in [-0.2, -0.15) is 18.2 Å². The maximum absolute atomic E-state index is 13.2. The predicted octanol–water partition coefficient (Wildman–Crippen LogP) is 6.91. The van der Waals surface area contributed by atoms with Crippen LogP contribution in [0, 0.1) is 0 Å². The van der Waals surface area contributed by atoms with Gasteiger partial charge >= 0.3 is 6.18 Å². The highest BCUT2D eigenvalue weighted by atomic mass is 35.5. The lowest BCUT2D eigenvalue weighted by atomic mass is 10.1. The first-order valence-corrected chi connectivity index (χ1v) is 10.1. The van der Waals surface area contributed by atoms with E-state index < -0.39 is 11.7 Å². The molecular formula is C22H20ClF3N4. The van der Waals surface area contributed by atoms with Gasteiger partial charge in [-0.25, -0.2) is 4.98 Å². The van der Waals surface area contributed by atoms with Crippen LogP contribution in [0.5, 0.6) is 0 Å². The van der Waals surface area contributed by atoms with Gasteiger partial charge in [-0.3, -0.25) is 0 Å². The van der Waals surface area contributed by atoms with Crippen molar-refractivity contribution in [2.24, 2.45) is 0 Å². The van der Waals surface area contributed by atoms with E-state index in [0.717, 1.165) is 37.3 Å². The van der Waals surface area contributed by atoms with Crippen LogP contribution in [0.4, 0.5) is 30.6 Å². The smallest absolute Gasteiger partial charge is 0.351 e. The van der Waals surface area contributed by atoms with Gasteiger partial charge < -0.3 is 10.6 Å². The molecule has 4 rings (SSSR count). The Balaban J connectivity index is 1.68. The van der Waals surface area contributed by atoms with Crippen molar-refractivity contribution in [2.75, 3.05) is 10.6 Å². The second-order valence-corrected chi connectivity index (χ2v) is 7.68. The summed E-state index contributed by atoms with van der Waals surface area (Å²) in [4.78, 5) is 9.10. The fourth-order valence-corrected chi connectivity index (χ4v) is 3.78. The quantitative estimate of drug-likeness (QED) is 0.459. The van der Waals surface area contributed by atoms with E-state index >= 15 is 0 Å². The lowest BCUT2D eigenvalue weighted by Gasteiger charge is -2.16. The van der Waals surface area contributed by atoms with Crippen molar-refractivity contribution in [1.82, 2.24) is 9.97 Å². The summed E-state index contributed by atoms with van der Waals surface area (Å²) in [6.07, 6.45) is -0.120. The van der Waals surface area contributed by atoms with E-state index in [1.807, 2.05) is 30.3 Å². The van der Waals surface area contributed by atoms with Crippen LogP contribution in [-0.4, -0.2) is 16.0 Å². The number of nitrogens with one attached hydrogen (secondary N) is 2. The number of benzene rings is 2. The van der Waals surface area contributed by atoms with Gasteiger partial charge in [0.25, 0.3) is 0 Å². The van der Waals surface area contributed by atoms with Gasteiger partial charge in [0.2, 0.25) is 5.95 Å². The normalized spacial score (nSPS) is 14.7. The molecule has 1 aliphatic rings. The highest BCUT2D eigenvalue weighted by molar-refractivity contribution is 6.31. The average Bonchev–Trinajstić information content (AvgIpc) is 3.22. The molecule has 1 fully saturated rings. The Morgan fingerprint density at radius 3 is 2.37 bits per heavy atom. The molecule has 1 aliphatic carbocycles. The average molecular weight is 433 g/mol. The standard InChI is InChI=1S/C22H20ClF3N4/c23-18-11-10-16(12-17(18)22(24,25)26)27-20-13-19(14-6-2-1-3-7-14)29-21(30-20)28-15-8-4-5-9-15/h1-3,6-7,10-13,15H,4-5,8-9H2,(H2,27,28,29,30). The third-order valence-corrected chi connectivity index (χ3v) is 5.36. The van der Waals surface area contributed by atoms with Crippen molar-refractivity contribution in [3.8, 4) is 11.3 Å². The summed E-state index contributed by atoms with van der Waals surface area (Å²) in [5.74, 6) is 0.857. The third kappa shape index (κ3) is 4.84. The molecule has 3 aromatic rings. The molecule has 2 aromatic carbocycles. The molecular weight excluding hydrogens is 413 g/mol. The molecule has 0 aliphatic heterocycles. The largest absolute Gasteiger partial charge is 0.417 e. The monoisotopic (exact) mass is 432 g/mol. The van der Waals surface area contributed by atoms with Crippen LogP contribution >= 0.6 is 11.6 Å². The van der Waals surface area contributed by atoms with Gasteiger partial charge in [-0.1, -0.05) is 54.8 Å². The van der Waals surface area contributed by atoms with Crippen LogP contribution in [0.2, 0.25) is 5.02 Å². The van der Waals surface area contributed by atoms with E-state index in [4.69, 9.17) is 11.6 Å². The molecule has 0 atom stereocenters. The number of rotatable bonds is 5. The number of hydrogen-bond acceptors (Lipinski definition) is 4. The maximum Gasteiger partial charge on any atom is 0.417 e. The Labute approximate surface area is 177 Å². The Bertz CT molecular complexity index is 1020. The molecule has 1 aromatic heterocycles. The second kappa shape index (κ2) is 8.52. The first-order chi connectivity index (χ1) is 14.4. The highest BCUT2D eigenvalue weighted by Gasteiger charge is 2.33. The zero-order valence-electron chi connectivity index (χ0n) is 16.0. The van der Waals surface area contributed by atoms with Crippen LogP contribution in [0.25, 0.3) is 11.3 Å². The predicted molar refractivity (Wildman–Crippen MR) is 113 cm³/mol. The van der Waals surface area contributed by atoms with E-state index in [1.165, 1.54) is 12.1 Å². The molecule has 1 heterocycles. The van der Waals surface area contributed by atoms with Gasteiger partial charge in [0.05, 0.1) is 16.3 Å². The minimum atomic E-state index is -4.54. The number of aromatic nitrogens is 2. The van der Waals surface area contributed by atoms with Crippen molar-refractivity contribution in [1.29, 1.82) is 0 Å². The summed E-state index contributed by atoms with van der Waals surface area (Å²) >= 11 is 5.73. The van der Waals surface area contributed by atoms with Gasteiger partial charge in [0.15, 0.2) is 0 Å². The topological polar surface area (TPSA) is 49.8 Å². The Kier molecular flexibility index (Phi) is 5.81. The maximum atomic E-state index is 13.2. The van der Waals surface area contributed by atoms with E-state index in [0.29, 0.717) is 23.5 Å². The molecule has 2 N–H and O–H groups in total. The Morgan fingerprint density at radius 2 is 1.67 bits per heavy atom. The van der Waals surface area contributed by atoms with Gasteiger partial charge in [0, 0.05) is 23.4 Å². The number of nitrogens with zero attached hydrogens (tertiary/aromatic N) is 2. The lowest BCUT2D eigenvalue weighted by Crippen LogP contribution is -2.17. The summed E-state index contributed by atoms with van der Waals surface area (Å²) < 4.78 is 39.6. The molecule has 0 unspecified atom stereocenters. The number of hydrogen-bond donors (Lipinski definition) is 2. The zero-order chi connectivity index (χ0) is 21.1. The van der Waals surface area contributed by atoms with Crippen LogP contribution in [0.3, 0.4) is 0 Å². The van der Waals surface area contributed by atoms with Crippen LogP contribution in [-0.2, 0) is 6.18 Å². The SMILES string of the molecule is FC(F)(F)c1cc(Nc2cc(-c3ccccc3)nc(NC3CCCC3)n2)ccc1Cl. The molecule has 0 radical (unpaired) electrons. The molecule has 30 heavy (non-hydrogen) atoms. The molecule has 1 saturated carbocycles. The van der Waals surface area contributed by atoms with Crippen LogP contribution < -0.4 is 10.6 Å². The first-order valence-electron chi connectivity index (χ1n) is 9.73. The Morgan fingerprint density at radius 1 is 0.933 bits per heavy atom. The molecule has 0 amide bonds. The molecule has 0 spiro atoms. The van der Waals surface area contributed by atoms with Crippen molar-refractivity contribution in [2.45, 2.75) is 37.9 Å². The van der Waals surface area contributed by atoms with E-state index in [-0.39, 0.29) is 10.7 Å². The summed E-state index contributed by atoms with van der Waals surface area (Å²) in [6.45, 7) is 0. The minimum absolute atomic E-state index is 0.247. The highest BCUT2D eigenvalue weighted by Crippen LogP contribution is 2.37. The Hall–Kier alpha value is -2.80. The molecule has 156 valence electrons. The molecule has 0 saturated heterocycles. The van der Waals surface area contributed by atoms with E-state index in [1.54, 1.807) is 6.07 Å². The van der Waals surface area contributed by atoms with Gasteiger partial charge in [-0.15, -0.1) is 0 Å². The lowest BCUT2D eigenvalue weighted by molar-refractivity contribution is -0.137. The molecule has 4 nitrogen and oxygen atoms in total. The first kappa shape index (κ1) is 20.5. The summed E-state index contributed by atoms with van der Waals surface area (Å²) in [7, 11) is 0. The van der Waals surface area contributed by atoms with E-state index in [2.05, 4.69) is 20.6 Å². The van der Waals surface area contributed by atoms with E-state index in [9.17, 15) is 13.2 Å². The number of anilines is 3.